The van der Waals surface area contributed by atoms with Gasteiger partial charge in [-0.2, -0.15) is 0 Å². The molecule has 0 aliphatic heterocycles. The molecule has 26 heavy (non-hydrogen) atoms. The summed E-state index contributed by atoms with van der Waals surface area (Å²) >= 11 is 0. The van der Waals surface area contributed by atoms with Crippen LogP contribution in [0.1, 0.15) is 17.1 Å². The van der Waals surface area contributed by atoms with Crippen LogP contribution in [0.25, 0.3) is 22.3 Å². The lowest BCUT2D eigenvalue weighted by atomic mass is 10.1. The van der Waals surface area contributed by atoms with Crippen molar-refractivity contribution >= 4 is 11.0 Å². The van der Waals surface area contributed by atoms with Gasteiger partial charge in [-0.1, -0.05) is 24.3 Å². The molecule has 0 radical (unpaired) electrons. The van der Waals surface area contributed by atoms with E-state index in [-0.39, 0.29) is 5.82 Å². The fourth-order valence-corrected chi connectivity index (χ4v) is 3.07. The molecular weight excluding hydrogens is 327 g/mol. The van der Waals surface area contributed by atoms with Crippen molar-refractivity contribution in [1.82, 2.24) is 19.5 Å². The molecular formula is C21H19FN4. The van der Waals surface area contributed by atoms with Gasteiger partial charge in [0.2, 0.25) is 0 Å². The van der Waals surface area contributed by atoms with Gasteiger partial charge in [-0.15, -0.1) is 0 Å². The number of aryl methyl sites for hydroxylation is 4. The average molecular weight is 346 g/mol. The van der Waals surface area contributed by atoms with E-state index in [1.54, 1.807) is 19.1 Å². The zero-order valence-corrected chi connectivity index (χ0v) is 14.8. The predicted molar refractivity (Wildman–Crippen MR) is 100 cm³/mol. The van der Waals surface area contributed by atoms with Crippen LogP contribution in [0.5, 0.6) is 0 Å². The minimum absolute atomic E-state index is 0.211. The van der Waals surface area contributed by atoms with E-state index in [1.807, 2.05) is 54.3 Å². The van der Waals surface area contributed by atoms with Crippen LogP contribution in [-0.4, -0.2) is 19.5 Å². The van der Waals surface area contributed by atoms with Crippen molar-refractivity contribution in [2.24, 2.45) is 7.05 Å². The summed E-state index contributed by atoms with van der Waals surface area (Å²) in [6.45, 7) is 1.76. The highest BCUT2D eigenvalue weighted by Gasteiger charge is 2.13. The molecule has 0 amide bonds. The number of benzene rings is 2. The van der Waals surface area contributed by atoms with Gasteiger partial charge in [0.05, 0.1) is 22.4 Å². The molecule has 0 N–H and O–H groups in total. The van der Waals surface area contributed by atoms with Crippen LogP contribution < -0.4 is 0 Å². The van der Waals surface area contributed by atoms with E-state index in [9.17, 15) is 4.39 Å². The maximum atomic E-state index is 14.4. The summed E-state index contributed by atoms with van der Waals surface area (Å²) in [5, 5.41) is 0. The first-order valence-corrected chi connectivity index (χ1v) is 8.60. The molecule has 0 aliphatic rings. The average Bonchev–Trinajstić information content (AvgIpc) is 3.02. The maximum Gasteiger partial charge on any atom is 0.135 e. The van der Waals surface area contributed by atoms with Crippen molar-refractivity contribution in [3.63, 3.8) is 0 Å². The van der Waals surface area contributed by atoms with Gasteiger partial charge in [-0.3, -0.25) is 4.98 Å². The molecule has 130 valence electrons. The zero-order chi connectivity index (χ0) is 18.1. The van der Waals surface area contributed by atoms with E-state index in [2.05, 4.69) is 15.0 Å². The highest BCUT2D eigenvalue weighted by molar-refractivity contribution is 5.73. The number of hydrogen-bond donors (Lipinski definition) is 0. The molecule has 0 saturated carbocycles. The summed E-state index contributed by atoms with van der Waals surface area (Å²) in [7, 11) is 1.94. The van der Waals surface area contributed by atoms with Crippen LogP contribution >= 0.6 is 0 Å². The summed E-state index contributed by atoms with van der Waals surface area (Å²) < 4.78 is 16.3. The molecule has 0 aliphatic carbocycles. The summed E-state index contributed by atoms with van der Waals surface area (Å²) in [5.74, 6) is 0.688. The van der Waals surface area contributed by atoms with Gasteiger partial charge in [0.25, 0.3) is 0 Å². The third-order valence-corrected chi connectivity index (χ3v) is 4.54. The number of imidazole rings is 1. The Morgan fingerprint density at radius 2 is 1.77 bits per heavy atom. The minimum atomic E-state index is -0.211. The van der Waals surface area contributed by atoms with Gasteiger partial charge < -0.3 is 4.57 Å². The summed E-state index contributed by atoms with van der Waals surface area (Å²) in [6, 6.07) is 13.2. The molecule has 0 bridgehead atoms. The fraction of sp³-hybridized carbons (Fsp3) is 0.190. The first-order chi connectivity index (χ1) is 12.6. The lowest BCUT2D eigenvalue weighted by Gasteiger charge is -2.03. The van der Waals surface area contributed by atoms with Crippen molar-refractivity contribution in [1.29, 1.82) is 0 Å². The third kappa shape index (κ3) is 3.08. The lowest BCUT2D eigenvalue weighted by molar-refractivity contribution is 0.621. The van der Waals surface area contributed by atoms with E-state index in [1.165, 1.54) is 0 Å². The van der Waals surface area contributed by atoms with Gasteiger partial charge in [-0.25, -0.2) is 14.4 Å². The van der Waals surface area contributed by atoms with Crippen molar-refractivity contribution in [2.45, 2.75) is 19.8 Å². The highest BCUT2D eigenvalue weighted by atomic mass is 19.1. The quantitative estimate of drug-likeness (QED) is 0.554. The second-order valence-electron chi connectivity index (χ2n) is 6.44. The Morgan fingerprint density at radius 1 is 0.962 bits per heavy atom. The standard InChI is InChI=1S/C21H19FN4/c1-14-6-5-7-16(21(14)22)19-13-26(2)20(25-19)11-10-15-12-23-17-8-3-4-9-18(17)24-15/h3-9,12-13H,10-11H2,1-2H3. The van der Waals surface area contributed by atoms with Crippen LogP contribution in [-0.2, 0) is 19.9 Å². The van der Waals surface area contributed by atoms with Crippen LogP contribution in [0.2, 0.25) is 0 Å². The van der Waals surface area contributed by atoms with Crippen LogP contribution in [0, 0.1) is 12.7 Å². The van der Waals surface area contributed by atoms with Gasteiger partial charge in [0, 0.05) is 31.4 Å². The maximum absolute atomic E-state index is 14.4. The second kappa shape index (κ2) is 6.67. The molecule has 4 rings (SSSR count). The van der Waals surface area contributed by atoms with E-state index in [0.29, 0.717) is 16.8 Å². The van der Waals surface area contributed by atoms with Crippen molar-refractivity contribution < 1.29 is 4.39 Å². The Morgan fingerprint density at radius 3 is 2.62 bits per heavy atom. The largest absolute Gasteiger partial charge is 0.337 e. The number of rotatable bonds is 4. The number of halogens is 1. The third-order valence-electron chi connectivity index (χ3n) is 4.54. The first-order valence-electron chi connectivity index (χ1n) is 8.60. The molecule has 4 aromatic rings. The number of nitrogens with zero attached hydrogens (tertiary/aromatic N) is 4. The van der Waals surface area contributed by atoms with E-state index in [0.717, 1.165) is 35.4 Å². The van der Waals surface area contributed by atoms with Crippen LogP contribution in [0.3, 0.4) is 0 Å². The lowest BCUT2D eigenvalue weighted by Crippen LogP contribution is -2.02. The Labute approximate surface area is 151 Å². The Balaban J connectivity index is 1.57. The number of aromatic nitrogens is 4. The Bertz CT molecular complexity index is 1080. The molecule has 0 unspecified atom stereocenters. The number of fused-ring (bicyclic) bond motifs is 1. The number of para-hydroxylation sites is 2. The molecule has 2 aromatic heterocycles. The fourth-order valence-electron chi connectivity index (χ4n) is 3.07. The summed E-state index contributed by atoms with van der Waals surface area (Å²) in [4.78, 5) is 13.7. The topological polar surface area (TPSA) is 43.6 Å². The van der Waals surface area contributed by atoms with E-state index < -0.39 is 0 Å². The van der Waals surface area contributed by atoms with Gasteiger partial charge >= 0.3 is 0 Å². The smallest absolute Gasteiger partial charge is 0.135 e. The van der Waals surface area contributed by atoms with Crippen molar-refractivity contribution in [2.75, 3.05) is 0 Å². The highest BCUT2D eigenvalue weighted by Crippen LogP contribution is 2.24. The van der Waals surface area contributed by atoms with Crippen molar-refractivity contribution in [3.8, 4) is 11.3 Å². The molecule has 0 atom stereocenters. The molecule has 2 aromatic carbocycles. The normalized spacial score (nSPS) is 11.2. The molecule has 5 heteroatoms. The van der Waals surface area contributed by atoms with Crippen LogP contribution in [0.4, 0.5) is 4.39 Å². The summed E-state index contributed by atoms with van der Waals surface area (Å²) in [5.41, 5.74) is 4.54. The monoisotopic (exact) mass is 346 g/mol. The molecule has 4 nitrogen and oxygen atoms in total. The SMILES string of the molecule is Cc1cccc(-c2cn(C)c(CCc3cnc4ccccc4n3)n2)c1F. The van der Waals surface area contributed by atoms with Gasteiger partial charge in [0.1, 0.15) is 11.6 Å². The Kier molecular flexibility index (Phi) is 4.21. The molecule has 0 saturated heterocycles. The first kappa shape index (κ1) is 16.4. The zero-order valence-electron chi connectivity index (χ0n) is 14.8. The Hall–Kier alpha value is -3.08. The van der Waals surface area contributed by atoms with Gasteiger partial charge in [0.15, 0.2) is 0 Å². The summed E-state index contributed by atoms with van der Waals surface area (Å²) in [6.07, 6.45) is 5.14. The second-order valence-corrected chi connectivity index (χ2v) is 6.44. The van der Waals surface area contributed by atoms with Gasteiger partial charge in [-0.05, 0) is 37.1 Å². The van der Waals surface area contributed by atoms with E-state index >= 15 is 0 Å². The molecule has 2 heterocycles. The number of hydrogen-bond acceptors (Lipinski definition) is 3. The van der Waals surface area contributed by atoms with Crippen molar-refractivity contribution in [3.05, 3.63) is 77.8 Å². The predicted octanol–water partition coefficient (Wildman–Crippen LogP) is 4.26. The minimum Gasteiger partial charge on any atom is -0.337 e. The molecule has 0 fully saturated rings. The molecule has 0 spiro atoms. The van der Waals surface area contributed by atoms with E-state index in [4.69, 9.17) is 0 Å². The van der Waals surface area contributed by atoms with Crippen LogP contribution in [0.15, 0.2) is 54.9 Å².